The monoisotopic (exact) mass is 391 g/mol. The Morgan fingerprint density at radius 1 is 1.27 bits per heavy atom. The lowest BCUT2D eigenvalue weighted by Gasteiger charge is -2.28. The second kappa shape index (κ2) is 8.47. The quantitative estimate of drug-likeness (QED) is 0.698. The van der Waals surface area contributed by atoms with Crippen LogP contribution in [0, 0.1) is 0 Å². The van der Waals surface area contributed by atoms with Crippen LogP contribution in [-0.2, 0) is 20.9 Å². The third kappa shape index (κ3) is 4.31. The van der Waals surface area contributed by atoms with Gasteiger partial charge in [-0.05, 0) is 30.3 Å². The number of amides is 1. The van der Waals surface area contributed by atoms with Crippen LogP contribution in [-0.4, -0.2) is 31.3 Å². The first-order chi connectivity index (χ1) is 12.6. The number of thioether (sulfide) groups is 1. The molecule has 1 amide bonds. The summed E-state index contributed by atoms with van der Waals surface area (Å²) in [6, 6.07) is 12.8. The molecule has 1 aliphatic heterocycles. The van der Waals surface area contributed by atoms with Crippen molar-refractivity contribution in [3.63, 3.8) is 0 Å². The summed E-state index contributed by atoms with van der Waals surface area (Å²) in [6.07, 6.45) is 0.119. The molecule has 0 unspecified atom stereocenters. The van der Waals surface area contributed by atoms with E-state index in [1.165, 1.54) is 11.8 Å². The Morgan fingerprint density at radius 2 is 2.08 bits per heavy atom. The first-order valence-electron chi connectivity index (χ1n) is 8.08. The number of hydrogen-bond acceptors (Lipinski definition) is 5. The zero-order valence-corrected chi connectivity index (χ0v) is 15.8. The molecule has 0 saturated heterocycles. The topological polar surface area (TPSA) is 55.8 Å². The molecule has 0 atom stereocenters. The van der Waals surface area contributed by atoms with E-state index in [0.717, 1.165) is 10.6 Å². The van der Waals surface area contributed by atoms with Gasteiger partial charge in [0.2, 0.25) is 5.91 Å². The van der Waals surface area contributed by atoms with E-state index >= 15 is 0 Å². The van der Waals surface area contributed by atoms with Crippen LogP contribution in [0.4, 0.5) is 5.69 Å². The van der Waals surface area contributed by atoms with Crippen molar-refractivity contribution in [3.05, 3.63) is 53.1 Å². The molecular formula is C19H18ClNO4S. The van der Waals surface area contributed by atoms with Crippen LogP contribution in [0.5, 0.6) is 5.75 Å². The summed E-state index contributed by atoms with van der Waals surface area (Å²) in [7, 11) is 1.55. The second-order valence-corrected chi connectivity index (χ2v) is 7.12. The summed E-state index contributed by atoms with van der Waals surface area (Å²) in [4.78, 5) is 27.0. The smallest absolute Gasteiger partial charge is 0.307 e. The highest BCUT2D eigenvalue weighted by Crippen LogP contribution is 2.34. The van der Waals surface area contributed by atoms with Crippen LogP contribution >= 0.6 is 23.4 Å². The molecule has 0 aliphatic carbocycles. The number of esters is 1. The summed E-state index contributed by atoms with van der Waals surface area (Å²) in [5.74, 6) is 0.610. The number of benzene rings is 2. The van der Waals surface area contributed by atoms with Gasteiger partial charge in [-0.15, -0.1) is 11.8 Å². The molecule has 7 heteroatoms. The Labute approximate surface area is 161 Å². The molecule has 2 aromatic carbocycles. The zero-order chi connectivity index (χ0) is 18.5. The Bertz CT molecular complexity index is 827. The van der Waals surface area contributed by atoms with Gasteiger partial charge < -0.3 is 14.4 Å². The summed E-state index contributed by atoms with van der Waals surface area (Å²) >= 11 is 7.49. The fourth-order valence-electron chi connectivity index (χ4n) is 2.69. The molecule has 1 aliphatic rings. The number of ether oxygens (including phenoxy) is 2. The predicted molar refractivity (Wildman–Crippen MR) is 102 cm³/mol. The molecule has 1 heterocycles. The van der Waals surface area contributed by atoms with Crippen molar-refractivity contribution < 1.29 is 19.1 Å². The van der Waals surface area contributed by atoms with Gasteiger partial charge in [0.25, 0.3) is 0 Å². The number of hydrogen-bond donors (Lipinski definition) is 0. The predicted octanol–water partition coefficient (Wildman–Crippen LogP) is 3.92. The number of anilines is 1. The van der Waals surface area contributed by atoms with E-state index in [1.807, 2.05) is 24.3 Å². The lowest BCUT2D eigenvalue weighted by atomic mass is 10.2. The lowest BCUT2D eigenvalue weighted by Crippen LogP contribution is -2.37. The normalized spacial score (nSPS) is 13.3. The lowest BCUT2D eigenvalue weighted by molar-refractivity contribution is -0.144. The first-order valence-corrected chi connectivity index (χ1v) is 9.45. The van der Waals surface area contributed by atoms with Crippen molar-refractivity contribution in [2.45, 2.75) is 17.9 Å². The number of para-hydroxylation sites is 1. The van der Waals surface area contributed by atoms with Gasteiger partial charge >= 0.3 is 5.97 Å². The highest BCUT2D eigenvalue weighted by atomic mass is 35.5. The molecule has 136 valence electrons. The number of carbonyl (C=O) groups excluding carboxylic acids is 2. The van der Waals surface area contributed by atoms with E-state index in [2.05, 4.69) is 0 Å². The average molecular weight is 392 g/mol. The van der Waals surface area contributed by atoms with E-state index in [-0.39, 0.29) is 24.9 Å². The Morgan fingerprint density at radius 3 is 2.88 bits per heavy atom. The van der Waals surface area contributed by atoms with Gasteiger partial charge in [0.05, 0.1) is 25.0 Å². The van der Waals surface area contributed by atoms with Gasteiger partial charge in [-0.25, -0.2) is 0 Å². The molecule has 5 nitrogen and oxygen atoms in total. The Hall–Kier alpha value is -2.18. The fourth-order valence-corrected chi connectivity index (χ4v) is 3.82. The van der Waals surface area contributed by atoms with Crippen molar-refractivity contribution in [2.75, 3.05) is 24.3 Å². The SMILES string of the molecule is COc1ccc(Cl)cc1COC(=O)CCN1C(=O)CSc2ccccc21. The summed E-state index contributed by atoms with van der Waals surface area (Å²) in [5.41, 5.74) is 1.54. The minimum Gasteiger partial charge on any atom is -0.496 e. The highest BCUT2D eigenvalue weighted by molar-refractivity contribution is 8.00. The van der Waals surface area contributed by atoms with Crippen molar-refractivity contribution in [1.29, 1.82) is 0 Å². The molecule has 0 bridgehead atoms. The maximum atomic E-state index is 12.2. The molecule has 0 radical (unpaired) electrons. The van der Waals surface area contributed by atoms with Crippen molar-refractivity contribution in [1.82, 2.24) is 0 Å². The van der Waals surface area contributed by atoms with E-state index in [9.17, 15) is 9.59 Å². The molecule has 2 aromatic rings. The molecule has 0 saturated carbocycles. The zero-order valence-electron chi connectivity index (χ0n) is 14.2. The first kappa shape index (κ1) is 18.6. The number of nitrogens with zero attached hydrogens (tertiary/aromatic N) is 1. The number of fused-ring (bicyclic) bond motifs is 1. The van der Waals surface area contributed by atoms with Crippen molar-refractivity contribution in [3.8, 4) is 5.75 Å². The molecule has 0 fully saturated rings. The summed E-state index contributed by atoms with van der Waals surface area (Å²) in [5, 5.41) is 0.546. The highest BCUT2D eigenvalue weighted by Gasteiger charge is 2.24. The van der Waals surface area contributed by atoms with Gasteiger partial charge in [-0.2, -0.15) is 0 Å². The summed E-state index contributed by atoms with van der Waals surface area (Å²) in [6.45, 7) is 0.366. The maximum Gasteiger partial charge on any atom is 0.307 e. The Kier molecular flexibility index (Phi) is 6.06. The van der Waals surface area contributed by atoms with E-state index in [4.69, 9.17) is 21.1 Å². The Balaban J connectivity index is 1.58. The summed E-state index contributed by atoms with van der Waals surface area (Å²) < 4.78 is 10.6. The van der Waals surface area contributed by atoms with Crippen LogP contribution < -0.4 is 9.64 Å². The molecule has 0 aromatic heterocycles. The fraction of sp³-hybridized carbons (Fsp3) is 0.263. The van der Waals surface area contributed by atoms with E-state index in [0.29, 0.717) is 28.6 Å². The third-order valence-corrected chi connectivity index (χ3v) is 5.26. The minimum atomic E-state index is -0.379. The number of halogens is 1. The molecule has 0 spiro atoms. The van der Waals surface area contributed by atoms with E-state index < -0.39 is 0 Å². The molecule has 26 heavy (non-hydrogen) atoms. The van der Waals surface area contributed by atoms with Gasteiger partial charge in [-0.3, -0.25) is 9.59 Å². The van der Waals surface area contributed by atoms with Crippen LogP contribution in [0.1, 0.15) is 12.0 Å². The van der Waals surface area contributed by atoms with Gasteiger partial charge in [0.15, 0.2) is 0 Å². The van der Waals surface area contributed by atoms with Gasteiger partial charge in [0, 0.05) is 22.0 Å². The second-order valence-electron chi connectivity index (χ2n) is 5.67. The number of carbonyl (C=O) groups is 2. The molecule has 3 rings (SSSR count). The van der Waals surface area contributed by atoms with Crippen molar-refractivity contribution >= 4 is 40.9 Å². The standard InChI is InChI=1S/C19H18ClNO4S/c1-24-16-7-6-14(20)10-13(16)11-25-19(23)8-9-21-15-4-2-3-5-17(15)26-12-18(21)22/h2-7,10H,8-9,11-12H2,1H3. The van der Waals surface area contributed by atoms with Crippen LogP contribution in [0.2, 0.25) is 5.02 Å². The minimum absolute atomic E-state index is 0.00184. The van der Waals surface area contributed by atoms with E-state index in [1.54, 1.807) is 30.2 Å². The van der Waals surface area contributed by atoms with Crippen LogP contribution in [0.25, 0.3) is 0 Å². The number of methoxy groups -OCH3 is 1. The van der Waals surface area contributed by atoms with Crippen LogP contribution in [0.3, 0.4) is 0 Å². The largest absolute Gasteiger partial charge is 0.496 e. The average Bonchev–Trinajstić information content (AvgIpc) is 2.65. The number of rotatable bonds is 6. The van der Waals surface area contributed by atoms with Gasteiger partial charge in [0.1, 0.15) is 12.4 Å². The third-order valence-electron chi connectivity index (χ3n) is 3.98. The maximum absolute atomic E-state index is 12.2. The molecular weight excluding hydrogens is 374 g/mol. The van der Waals surface area contributed by atoms with Crippen molar-refractivity contribution in [2.24, 2.45) is 0 Å². The van der Waals surface area contributed by atoms with Crippen LogP contribution in [0.15, 0.2) is 47.4 Å². The molecule has 0 N–H and O–H groups in total. The van der Waals surface area contributed by atoms with Gasteiger partial charge in [-0.1, -0.05) is 23.7 Å².